The van der Waals surface area contributed by atoms with Gasteiger partial charge in [-0.3, -0.25) is 5.32 Å². The van der Waals surface area contributed by atoms with Crippen LogP contribution >= 0.6 is 11.5 Å². The van der Waals surface area contributed by atoms with Gasteiger partial charge in [-0.1, -0.05) is 19.1 Å². The number of aromatic nitrogens is 5. The number of benzene rings is 1. The number of carbonyl (C=O) groups excluding carboxylic acids is 1. The smallest absolute Gasteiger partial charge is 0.323 e. The number of urea groups is 1. The van der Waals surface area contributed by atoms with Crippen LogP contribution in [0.25, 0.3) is 16.6 Å². The van der Waals surface area contributed by atoms with Crippen LogP contribution < -0.4 is 10.2 Å². The molecule has 1 N–H and O–H groups in total. The van der Waals surface area contributed by atoms with E-state index in [2.05, 4.69) is 66.8 Å². The molecule has 174 valence electrons. The molecule has 0 bridgehead atoms. The van der Waals surface area contributed by atoms with Crippen molar-refractivity contribution >= 4 is 50.8 Å². The van der Waals surface area contributed by atoms with Gasteiger partial charge < -0.3 is 14.4 Å². The number of nitrogens with one attached hydrogen (secondary N) is 1. The van der Waals surface area contributed by atoms with Gasteiger partial charge in [-0.15, -0.1) is 0 Å². The molecule has 4 aromatic rings. The van der Waals surface area contributed by atoms with E-state index in [0.29, 0.717) is 18.2 Å². The van der Waals surface area contributed by atoms with E-state index in [-0.39, 0.29) is 6.03 Å². The van der Waals surface area contributed by atoms with Gasteiger partial charge in [0, 0.05) is 50.5 Å². The van der Waals surface area contributed by atoms with Crippen LogP contribution in [0, 0.1) is 0 Å². The van der Waals surface area contributed by atoms with Crippen molar-refractivity contribution in [3.05, 3.63) is 60.3 Å². The van der Waals surface area contributed by atoms with Crippen molar-refractivity contribution < 1.29 is 4.79 Å². The summed E-state index contributed by atoms with van der Waals surface area (Å²) < 4.78 is 5.92. The molecule has 0 spiro atoms. The number of hydrogen-bond acceptors (Lipinski definition) is 7. The maximum atomic E-state index is 12.5. The monoisotopic (exact) mass is 474 g/mol. The Morgan fingerprint density at radius 2 is 2.12 bits per heavy atom. The Kier molecular flexibility index (Phi) is 5.97. The molecule has 0 saturated carbocycles. The molecular formula is C24H26N8OS. The highest BCUT2D eigenvalue weighted by Gasteiger charge is 2.20. The SMILES string of the molecule is CCc1cc(C2=CCN(C(=O)Nc3ncns3)CC2)ccc1N(C)c1cc2c(cn1)ncn2C. The van der Waals surface area contributed by atoms with Crippen LogP contribution in [-0.2, 0) is 13.5 Å². The number of nitrogens with zero attached hydrogens (tertiary/aromatic N) is 7. The maximum Gasteiger partial charge on any atom is 0.323 e. The maximum absolute atomic E-state index is 12.5. The summed E-state index contributed by atoms with van der Waals surface area (Å²) in [5, 5.41) is 3.32. The zero-order valence-corrected chi connectivity index (χ0v) is 20.2. The van der Waals surface area contributed by atoms with Crippen LogP contribution in [0.5, 0.6) is 0 Å². The van der Waals surface area contributed by atoms with Crippen molar-refractivity contribution in [2.45, 2.75) is 19.8 Å². The second-order valence-corrected chi connectivity index (χ2v) is 9.02. The fourth-order valence-corrected chi connectivity index (χ4v) is 4.66. The predicted molar refractivity (Wildman–Crippen MR) is 135 cm³/mol. The quantitative estimate of drug-likeness (QED) is 0.459. The van der Waals surface area contributed by atoms with Crippen molar-refractivity contribution in [3.8, 4) is 0 Å². The van der Waals surface area contributed by atoms with Gasteiger partial charge in [-0.25, -0.2) is 19.7 Å². The van der Waals surface area contributed by atoms with E-state index >= 15 is 0 Å². The number of anilines is 3. The molecule has 0 radical (unpaired) electrons. The molecule has 0 unspecified atom stereocenters. The van der Waals surface area contributed by atoms with E-state index < -0.39 is 0 Å². The molecule has 0 saturated heterocycles. The summed E-state index contributed by atoms with van der Waals surface area (Å²) in [6.45, 7) is 3.40. The molecular weight excluding hydrogens is 448 g/mol. The predicted octanol–water partition coefficient (Wildman–Crippen LogP) is 4.47. The van der Waals surface area contributed by atoms with Crippen molar-refractivity contribution in [2.24, 2.45) is 7.05 Å². The average molecular weight is 475 g/mol. The minimum atomic E-state index is -0.142. The largest absolute Gasteiger partial charge is 0.334 e. The zero-order valence-electron chi connectivity index (χ0n) is 19.4. The number of amides is 2. The number of rotatable bonds is 5. The molecule has 2 amide bonds. The topological polar surface area (TPSA) is 92.1 Å². The van der Waals surface area contributed by atoms with Gasteiger partial charge in [-0.2, -0.15) is 4.37 Å². The summed E-state index contributed by atoms with van der Waals surface area (Å²) in [6, 6.07) is 8.52. The first kappa shape index (κ1) is 22.0. The molecule has 0 fully saturated rings. The summed E-state index contributed by atoms with van der Waals surface area (Å²) in [6.07, 6.45) is 8.92. The van der Waals surface area contributed by atoms with Gasteiger partial charge in [0.1, 0.15) is 17.7 Å². The van der Waals surface area contributed by atoms with E-state index in [0.717, 1.165) is 35.4 Å². The van der Waals surface area contributed by atoms with Gasteiger partial charge in [0.25, 0.3) is 0 Å². The first-order valence-electron chi connectivity index (χ1n) is 11.2. The molecule has 0 atom stereocenters. The van der Waals surface area contributed by atoms with Crippen LogP contribution in [0.3, 0.4) is 0 Å². The molecule has 1 aliphatic heterocycles. The lowest BCUT2D eigenvalue weighted by atomic mass is 9.96. The van der Waals surface area contributed by atoms with Gasteiger partial charge in [0.2, 0.25) is 5.13 Å². The average Bonchev–Trinajstić information content (AvgIpc) is 3.52. The van der Waals surface area contributed by atoms with Gasteiger partial charge >= 0.3 is 6.03 Å². The van der Waals surface area contributed by atoms with E-state index in [1.807, 2.05) is 24.9 Å². The molecule has 3 aromatic heterocycles. The minimum absolute atomic E-state index is 0.142. The number of fused-ring (bicyclic) bond motifs is 1. The van der Waals surface area contributed by atoms with Gasteiger partial charge in [0.15, 0.2) is 0 Å². The van der Waals surface area contributed by atoms with E-state index in [9.17, 15) is 4.79 Å². The first-order valence-corrected chi connectivity index (χ1v) is 12.0. The summed E-state index contributed by atoms with van der Waals surface area (Å²) in [7, 11) is 4.04. The Morgan fingerprint density at radius 3 is 2.85 bits per heavy atom. The molecule has 5 rings (SSSR count). The van der Waals surface area contributed by atoms with E-state index in [4.69, 9.17) is 0 Å². The van der Waals surface area contributed by atoms with Gasteiger partial charge in [0.05, 0.1) is 18.0 Å². The van der Waals surface area contributed by atoms with Gasteiger partial charge in [-0.05, 0) is 41.7 Å². The fraction of sp³-hybridized carbons (Fsp3) is 0.292. The first-order chi connectivity index (χ1) is 16.5. The number of aryl methyl sites for hydroxylation is 2. The van der Waals surface area contributed by atoms with E-state index in [1.54, 1.807) is 11.2 Å². The molecule has 34 heavy (non-hydrogen) atoms. The highest BCUT2D eigenvalue weighted by molar-refractivity contribution is 7.09. The fourth-order valence-electron chi connectivity index (χ4n) is 4.24. The highest BCUT2D eigenvalue weighted by Crippen LogP contribution is 2.32. The Labute approximate surface area is 201 Å². The van der Waals surface area contributed by atoms with E-state index in [1.165, 1.54) is 34.6 Å². The second kappa shape index (κ2) is 9.22. The summed E-state index contributed by atoms with van der Waals surface area (Å²) in [5.74, 6) is 0.882. The standard InChI is InChI=1S/C24H26N8OS/c1-4-16-11-18(17-7-9-32(10-8-17)24(33)29-23-26-14-28-34-23)5-6-20(16)31(3)22-12-21-19(13-25-22)27-15-30(21)2/h5-7,11-15H,4,8-10H2,1-3H3,(H,26,28,29,33). The van der Waals surface area contributed by atoms with Crippen molar-refractivity contribution in [3.63, 3.8) is 0 Å². The number of hydrogen-bond donors (Lipinski definition) is 1. The Balaban J connectivity index is 1.33. The van der Waals surface area contributed by atoms with Crippen molar-refractivity contribution in [2.75, 3.05) is 30.4 Å². The molecule has 4 heterocycles. The van der Waals surface area contributed by atoms with Crippen LogP contribution in [-0.4, -0.2) is 55.0 Å². The summed E-state index contributed by atoms with van der Waals surface area (Å²) >= 11 is 1.17. The zero-order chi connectivity index (χ0) is 23.7. The van der Waals surface area contributed by atoms with Crippen LogP contribution in [0.1, 0.15) is 24.5 Å². The minimum Gasteiger partial charge on any atom is -0.334 e. The molecule has 1 aromatic carbocycles. The normalized spacial score (nSPS) is 13.7. The van der Waals surface area contributed by atoms with Crippen LogP contribution in [0.2, 0.25) is 0 Å². The molecule has 9 nitrogen and oxygen atoms in total. The molecule has 1 aliphatic rings. The summed E-state index contributed by atoms with van der Waals surface area (Å²) in [5.41, 5.74) is 6.80. The third-order valence-electron chi connectivity index (χ3n) is 6.21. The lowest BCUT2D eigenvalue weighted by Crippen LogP contribution is -2.37. The lowest BCUT2D eigenvalue weighted by molar-refractivity contribution is 0.217. The molecule has 0 aliphatic carbocycles. The third-order valence-corrected chi connectivity index (χ3v) is 6.79. The lowest BCUT2D eigenvalue weighted by Gasteiger charge is -2.27. The third kappa shape index (κ3) is 4.24. The Morgan fingerprint density at radius 1 is 1.24 bits per heavy atom. The Bertz CT molecular complexity index is 1360. The Hall–Kier alpha value is -3.79. The summed E-state index contributed by atoms with van der Waals surface area (Å²) in [4.78, 5) is 29.4. The van der Waals surface area contributed by atoms with Crippen LogP contribution in [0.4, 0.5) is 21.4 Å². The highest BCUT2D eigenvalue weighted by atomic mass is 32.1. The number of carbonyl (C=O) groups is 1. The number of pyridine rings is 1. The van der Waals surface area contributed by atoms with Crippen molar-refractivity contribution in [1.29, 1.82) is 0 Å². The van der Waals surface area contributed by atoms with Crippen molar-refractivity contribution in [1.82, 2.24) is 28.8 Å². The second-order valence-electron chi connectivity index (χ2n) is 8.24. The van der Waals surface area contributed by atoms with Crippen LogP contribution in [0.15, 0.2) is 49.2 Å². The molecule has 10 heteroatoms. The number of imidazole rings is 1.